The molecule has 2 bridgehead atoms. The van der Waals surface area contributed by atoms with Crippen LogP contribution in [-0.4, -0.2) is 89.7 Å². The van der Waals surface area contributed by atoms with E-state index in [-0.39, 0.29) is 29.8 Å². The highest BCUT2D eigenvalue weighted by Crippen LogP contribution is 2.44. The summed E-state index contributed by atoms with van der Waals surface area (Å²) >= 11 is 5.87. The highest BCUT2D eigenvalue weighted by Gasteiger charge is 2.62. The van der Waals surface area contributed by atoms with E-state index in [1.54, 1.807) is 12.1 Å². The smallest absolute Gasteiger partial charge is 0.311 e. The summed E-state index contributed by atoms with van der Waals surface area (Å²) < 4.78 is 24.4. The lowest BCUT2D eigenvalue weighted by molar-refractivity contribution is -0.907. The molecule has 0 radical (unpaired) electrons. The molecule has 30 heavy (non-hydrogen) atoms. The standard InChI is InChI=1S/C21H26FN3O4S/c22-14-3-1-13(2-4-14)12-25-18-17(15-11-16(26)19(18)29-20(15)27)24(21(25)30)6-5-23-7-9-28-10-8-23/h1-4,15-19,26H,5-12H2/p+1/t15-,16-,17-,18-,19+/m1/s1. The predicted octanol–water partition coefficient (Wildman–Crippen LogP) is -0.813. The average molecular weight is 437 g/mol. The van der Waals surface area contributed by atoms with Gasteiger partial charge in [-0.25, -0.2) is 4.39 Å². The van der Waals surface area contributed by atoms with Gasteiger partial charge in [0.2, 0.25) is 0 Å². The zero-order chi connectivity index (χ0) is 20.8. The molecule has 0 spiro atoms. The largest absolute Gasteiger partial charge is 0.457 e. The van der Waals surface area contributed by atoms with Gasteiger partial charge in [0.25, 0.3) is 0 Å². The molecule has 4 saturated heterocycles. The normalized spacial score (nSPS) is 33.7. The fourth-order valence-corrected chi connectivity index (χ4v) is 5.77. The fourth-order valence-electron chi connectivity index (χ4n) is 5.38. The van der Waals surface area contributed by atoms with E-state index >= 15 is 0 Å². The minimum Gasteiger partial charge on any atom is -0.457 e. The van der Waals surface area contributed by atoms with E-state index in [9.17, 15) is 14.3 Å². The van der Waals surface area contributed by atoms with Gasteiger partial charge in [-0.15, -0.1) is 0 Å². The Bertz CT molecular complexity index is 819. The Morgan fingerprint density at radius 2 is 1.90 bits per heavy atom. The quantitative estimate of drug-likeness (QED) is 0.462. The molecule has 9 heteroatoms. The van der Waals surface area contributed by atoms with E-state index in [0.717, 1.165) is 45.0 Å². The van der Waals surface area contributed by atoms with Crippen molar-refractivity contribution in [2.75, 3.05) is 39.4 Å². The molecule has 4 aliphatic heterocycles. The number of esters is 1. The number of ether oxygens (including phenoxy) is 2. The number of thiocarbonyl (C=S) groups is 1. The molecular formula is C21H27FN3O4S+. The van der Waals surface area contributed by atoms with E-state index in [4.69, 9.17) is 21.7 Å². The number of hydrogen-bond acceptors (Lipinski definition) is 5. The Labute approximate surface area is 180 Å². The molecule has 7 nitrogen and oxygen atoms in total. The Hall–Kier alpha value is -1.81. The number of benzene rings is 1. The molecule has 5 atom stereocenters. The lowest BCUT2D eigenvalue weighted by atomic mass is 9.74. The van der Waals surface area contributed by atoms with Crippen LogP contribution in [0.2, 0.25) is 0 Å². The molecule has 2 N–H and O–H groups in total. The number of fused-ring (bicyclic) bond motifs is 2. The average Bonchev–Trinajstić information content (AvgIpc) is 3.02. The summed E-state index contributed by atoms with van der Waals surface area (Å²) in [5, 5.41) is 11.2. The molecule has 0 aromatic heterocycles. The summed E-state index contributed by atoms with van der Waals surface area (Å²) in [5.74, 6) is -0.899. The van der Waals surface area contributed by atoms with Crippen LogP contribution >= 0.6 is 12.2 Å². The van der Waals surface area contributed by atoms with E-state index in [2.05, 4.69) is 9.80 Å². The number of aliphatic hydroxyl groups excluding tert-OH is 1. The molecule has 162 valence electrons. The van der Waals surface area contributed by atoms with Crippen molar-refractivity contribution in [3.8, 4) is 0 Å². The summed E-state index contributed by atoms with van der Waals surface area (Å²) in [4.78, 5) is 18.2. The number of quaternary nitrogens is 1. The molecule has 5 fully saturated rings. The number of nitrogens with one attached hydrogen (secondary N) is 1. The van der Waals surface area contributed by atoms with Gasteiger partial charge in [-0.1, -0.05) is 12.1 Å². The van der Waals surface area contributed by atoms with Gasteiger partial charge in [-0.2, -0.15) is 0 Å². The van der Waals surface area contributed by atoms with Crippen molar-refractivity contribution in [3.05, 3.63) is 35.6 Å². The molecule has 1 saturated carbocycles. The monoisotopic (exact) mass is 436 g/mol. The van der Waals surface area contributed by atoms with Crippen LogP contribution in [0.5, 0.6) is 0 Å². The van der Waals surface area contributed by atoms with Crippen LogP contribution in [0.15, 0.2) is 24.3 Å². The summed E-state index contributed by atoms with van der Waals surface area (Å²) in [7, 11) is 0. The second kappa shape index (κ2) is 8.03. The van der Waals surface area contributed by atoms with Crippen molar-refractivity contribution in [3.63, 3.8) is 0 Å². The van der Waals surface area contributed by atoms with Crippen molar-refractivity contribution in [1.82, 2.24) is 9.80 Å². The van der Waals surface area contributed by atoms with E-state index in [1.165, 1.54) is 17.0 Å². The maximum atomic E-state index is 13.4. The van der Waals surface area contributed by atoms with Crippen molar-refractivity contribution in [1.29, 1.82) is 0 Å². The molecule has 1 aliphatic carbocycles. The topological polar surface area (TPSA) is 66.7 Å². The number of carbonyl (C=O) groups is 1. The summed E-state index contributed by atoms with van der Waals surface area (Å²) in [6, 6.07) is 6.09. The summed E-state index contributed by atoms with van der Waals surface area (Å²) in [6.45, 7) is 5.65. The molecule has 4 heterocycles. The fraction of sp³-hybridized carbons (Fsp3) is 0.619. The Morgan fingerprint density at radius 3 is 2.63 bits per heavy atom. The van der Waals surface area contributed by atoms with Crippen molar-refractivity contribution in [2.45, 2.75) is 37.3 Å². The summed E-state index contributed by atoms with van der Waals surface area (Å²) in [5.41, 5.74) is 0.931. The number of nitrogens with zero attached hydrogens (tertiary/aromatic N) is 2. The third kappa shape index (κ3) is 3.47. The molecule has 5 aliphatic rings. The molecule has 1 aromatic carbocycles. The van der Waals surface area contributed by atoms with Crippen LogP contribution < -0.4 is 4.90 Å². The minimum absolute atomic E-state index is 0.0898. The molecule has 1 aromatic rings. The number of rotatable bonds is 5. The first-order valence-electron chi connectivity index (χ1n) is 10.6. The highest BCUT2D eigenvalue weighted by molar-refractivity contribution is 7.80. The van der Waals surface area contributed by atoms with Crippen LogP contribution in [0.1, 0.15) is 12.0 Å². The van der Waals surface area contributed by atoms with E-state index in [1.807, 2.05) is 0 Å². The van der Waals surface area contributed by atoms with E-state index < -0.39 is 12.2 Å². The second-order valence-electron chi connectivity index (χ2n) is 8.63. The number of carbonyl (C=O) groups excluding carboxylic acids is 1. The van der Waals surface area contributed by atoms with Crippen LogP contribution in [-0.2, 0) is 20.8 Å². The van der Waals surface area contributed by atoms with Crippen LogP contribution in [0.25, 0.3) is 0 Å². The van der Waals surface area contributed by atoms with Crippen LogP contribution in [0, 0.1) is 11.7 Å². The third-order valence-electron chi connectivity index (χ3n) is 6.91. The Kier molecular flexibility index (Phi) is 5.38. The first-order chi connectivity index (χ1) is 14.5. The SMILES string of the molecule is O=C1O[C@@H]2[C@H]3[C@@H]([C@H]1C[C@H]2O)N(CC[NH+]1CCOCC1)C(=S)N3Cc1ccc(F)cc1. The van der Waals surface area contributed by atoms with Gasteiger partial charge in [-0.3, -0.25) is 4.79 Å². The summed E-state index contributed by atoms with van der Waals surface area (Å²) in [6.07, 6.45) is -0.859. The predicted molar refractivity (Wildman–Crippen MR) is 109 cm³/mol. The van der Waals surface area contributed by atoms with Gasteiger partial charge in [0.05, 0.1) is 50.4 Å². The Morgan fingerprint density at radius 1 is 1.17 bits per heavy atom. The maximum absolute atomic E-state index is 13.4. The van der Waals surface area contributed by atoms with Crippen molar-refractivity contribution in [2.24, 2.45) is 5.92 Å². The lowest BCUT2D eigenvalue weighted by Gasteiger charge is -2.49. The number of halogens is 1. The molecule has 0 amide bonds. The van der Waals surface area contributed by atoms with Gasteiger partial charge in [0.1, 0.15) is 25.0 Å². The van der Waals surface area contributed by atoms with Crippen LogP contribution in [0.3, 0.4) is 0 Å². The lowest BCUT2D eigenvalue weighted by Crippen LogP contribution is -3.14. The van der Waals surface area contributed by atoms with Crippen molar-refractivity contribution < 1.29 is 28.7 Å². The van der Waals surface area contributed by atoms with Gasteiger partial charge in [-0.05, 0) is 36.3 Å². The number of aliphatic hydroxyl groups is 1. The molecular weight excluding hydrogens is 409 g/mol. The second-order valence-corrected chi connectivity index (χ2v) is 9.00. The first-order valence-corrected chi connectivity index (χ1v) is 11.1. The molecule has 0 unspecified atom stereocenters. The minimum atomic E-state index is -0.683. The van der Waals surface area contributed by atoms with E-state index in [0.29, 0.717) is 18.1 Å². The van der Waals surface area contributed by atoms with Gasteiger partial charge >= 0.3 is 5.97 Å². The van der Waals surface area contributed by atoms with Gasteiger partial charge in [0, 0.05) is 6.54 Å². The van der Waals surface area contributed by atoms with Crippen LogP contribution in [0.4, 0.5) is 4.39 Å². The zero-order valence-electron chi connectivity index (χ0n) is 16.7. The van der Waals surface area contributed by atoms with Crippen molar-refractivity contribution >= 4 is 23.3 Å². The zero-order valence-corrected chi connectivity index (χ0v) is 17.5. The number of hydrogen-bond donors (Lipinski definition) is 2. The highest BCUT2D eigenvalue weighted by atomic mass is 32.1. The number of morpholine rings is 1. The van der Waals surface area contributed by atoms with Gasteiger partial charge < -0.3 is 29.3 Å². The Balaban J connectivity index is 1.40. The third-order valence-corrected chi connectivity index (χ3v) is 7.38. The molecule has 6 rings (SSSR count). The first kappa shape index (κ1) is 20.1. The maximum Gasteiger partial charge on any atom is 0.311 e. The van der Waals surface area contributed by atoms with Gasteiger partial charge in [0.15, 0.2) is 5.11 Å².